The lowest BCUT2D eigenvalue weighted by atomic mass is 9.75. The van der Waals surface area contributed by atoms with Crippen LogP contribution < -0.4 is 5.32 Å². The average molecular weight is 187 g/mol. The minimum Gasteiger partial charge on any atom is -0.309 e. The van der Waals surface area contributed by atoms with E-state index < -0.39 is 0 Å². The number of benzene rings is 1. The first-order valence-electron chi connectivity index (χ1n) is 5.76. The highest BCUT2D eigenvalue weighted by Crippen LogP contribution is 2.39. The van der Waals surface area contributed by atoms with Crippen molar-refractivity contribution in [2.45, 2.75) is 31.7 Å². The van der Waals surface area contributed by atoms with Crippen molar-refractivity contribution < 1.29 is 0 Å². The fourth-order valence-electron chi connectivity index (χ4n) is 2.73. The van der Waals surface area contributed by atoms with Crippen LogP contribution >= 0.6 is 0 Å². The summed E-state index contributed by atoms with van der Waals surface area (Å²) < 4.78 is 0. The first-order valence-corrected chi connectivity index (χ1v) is 5.76. The van der Waals surface area contributed by atoms with Crippen molar-refractivity contribution in [1.29, 1.82) is 0 Å². The van der Waals surface area contributed by atoms with Gasteiger partial charge in [0.05, 0.1) is 0 Å². The molecule has 1 atom stereocenters. The summed E-state index contributed by atoms with van der Waals surface area (Å²) in [7, 11) is 0. The molecule has 3 rings (SSSR count). The second kappa shape index (κ2) is 3.39. The van der Waals surface area contributed by atoms with Gasteiger partial charge in [0.15, 0.2) is 0 Å². The molecule has 14 heavy (non-hydrogen) atoms. The SMILES string of the molecule is c1ccc2c(c1)CCN[C@@H]2C1CCC1. The molecule has 1 N–H and O–H groups in total. The minimum absolute atomic E-state index is 0.661. The highest BCUT2D eigenvalue weighted by atomic mass is 14.9. The summed E-state index contributed by atoms with van der Waals surface area (Å²) in [6, 6.07) is 9.61. The van der Waals surface area contributed by atoms with Crippen LogP contribution in [0.15, 0.2) is 24.3 Å². The zero-order valence-electron chi connectivity index (χ0n) is 8.50. The Morgan fingerprint density at radius 3 is 2.79 bits per heavy atom. The van der Waals surface area contributed by atoms with Crippen LogP contribution in [0.2, 0.25) is 0 Å². The van der Waals surface area contributed by atoms with E-state index in [1.807, 2.05) is 0 Å². The molecule has 2 aliphatic rings. The van der Waals surface area contributed by atoms with Gasteiger partial charge in [-0.1, -0.05) is 30.7 Å². The Labute approximate surface area is 85.5 Å². The van der Waals surface area contributed by atoms with E-state index in [4.69, 9.17) is 0 Å². The zero-order chi connectivity index (χ0) is 9.38. The molecule has 1 aromatic rings. The summed E-state index contributed by atoms with van der Waals surface area (Å²) in [5.74, 6) is 0.913. The molecular formula is C13H17N. The van der Waals surface area contributed by atoms with E-state index >= 15 is 0 Å². The van der Waals surface area contributed by atoms with Gasteiger partial charge in [0.25, 0.3) is 0 Å². The highest BCUT2D eigenvalue weighted by Gasteiger charge is 2.30. The maximum Gasteiger partial charge on any atom is 0.0351 e. The fourth-order valence-corrected chi connectivity index (χ4v) is 2.73. The molecule has 0 spiro atoms. The molecule has 0 saturated heterocycles. The summed E-state index contributed by atoms with van der Waals surface area (Å²) in [5.41, 5.74) is 3.15. The third-order valence-corrected chi connectivity index (χ3v) is 3.77. The van der Waals surface area contributed by atoms with E-state index in [1.165, 1.54) is 25.7 Å². The average Bonchev–Trinajstić information content (AvgIpc) is 2.16. The molecule has 1 nitrogen and oxygen atoms in total. The van der Waals surface area contributed by atoms with Crippen molar-refractivity contribution in [1.82, 2.24) is 5.32 Å². The molecular weight excluding hydrogens is 170 g/mol. The van der Waals surface area contributed by atoms with E-state index in [0.29, 0.717) is 6.04 Å². The van der Waals surface area contributed by atoms with Crippen LogP contribution in [-0.4, -0.2) is 6.54 Å². The van der Waals surface area contributed by atoms with Gasteiger partial charge in [-0.25, -0.2) is 0 Å². The van der Waals surface area contributed by atoms with E-state index in [1.54, 1.807) is 11.1 Å². The Morgan fingerprint density at radius 2 is 2.00 bits per heavy atom. The van der Waals surface area contributed by atoms with Crippen LogP contribution in [0.5, 0.6) is 0 Å². The van der Waals surface area contributed by atoms with E-state index in [0.717, 1.165) is 12.5 Å². The highest BCUT2D eigenvalue weighted by molar-refractivity contribution is 5.33. The second-order valence-electron chi connectivity index (χ2n) is 4.57. The quantitative estimate of drug-likeness (QED) is 0.712. The Balaban J connectivity index is 1.93. The minimum atomic E-state index is 0.661. The summed E-state index contributed by atoms with van der Waals surface area (Å²) >= 11 is 0. The lowest BCUT2D eigenvalue weighted by molar-refractivity contribution is 0.225. The molecule has 1 aliphatic carbocycles. The van der Waals surface area contributed by atoms with Crippen LogP contribution in [0.3, 0.4) is 0 Å². The predicted octanol–water partition coefficient (Wildman–Crippen LogP) is 2.67. The van der Waals surface area contributed by atoms with Crippen LogP contribution in [0.1, 0.15) is 36.4 Å². The van der Waals surface area contributed by atoms with Crippen LogP contribution in [0.4, 0.5) is 0 Å². The first kappa shape index (κ1) is 8.49. The maximum atomic E-state index is 3.68. The smallest absolute Gasteiger partial charge is 0.0351 e. The Morgan fingerprint density at radius 1 is 1.14 bits per heavy atom. The first-order chi connectivity index (χ1) is 6.95. The van der Waals surface area contributed by atoms with Gasteiger partial charge < -0.3 is 5.32 Å². The number of hydrogen-bond donors (Lipinski definition) is 1. The summed E-state index contributed by atoms with van der Waals surface area (Å²) in [5, 5.41) is 3.68. The number of hydrogen-bond acceptors (Lipinski definition) is 1. The van der Waals surface area contributed by atoms with Crippen LogP contribution in [-0.2, 0) is 6.42 Å². The van der Waals surface area contributed by atoms with Crippen molar-refractivity contribution in [2.24, 2.45) is 5.92 Å². The van der Waals surface area contributed by atoms with Crippen LogP contribution in [0, 0.1) is 5.92 Å². The van der Waals surface area contributed by atoms with Crippen molar-refractivity contribution in [2.75, 3.05) is 6.54 Å². The van der Waals surface area contributed by atoms with E-state index in [-0.39, 0.29) is 0 Å². The molecule has 1 aliphatic heterocycles. The third kappa shape index (κ3) is 1.27. The monoisotopic (exact) mass is 187 g/mol. The molecule has 0 amide bonds. The van der Waals surface area contributed by atoms with Crippen molar-refractivity contribution in [3.63, 3.8) is 0 Å². The molecule has 0 radical (unpaired) electrons. The Kier molecular flexibility index (Phi) is 2.06. The van der Waals surface area contributed by atoms with Gasteiger partial charge >= 0.3 is 0 Å². The molecule has 1 heteroatoms. The van der Waals surface area contributed by atoms with Gasteiger partial charge in [0.2, 0.25) is 0 Å². The lowest BCUT2D eigenvalue weighted by Gasteiger charge is -2.38. The van der Waals surface area contributed by atoms with Crippen molar-refractivity contribution >= 4 is 0 Å². The largest absolute Gasteiger partial charge is 0.309 e. The Hall–Kier alpha value is -0.820. The van der Waals surface area contributed by atoms with Gasteiger partial charge in [-0.2, -0.15) is 0 Å². The maximum absolute atomic E-state index is 3.68. The standard InChI is InChI=1S/C13H17N/c1-2-7-12-10(4-1)8-9-14-13(12)11-5-3-6-11/h1-2,4,7,11,13-14H,3,5-6,8-9H2/t13-/m1/s1. The molecule has 0 unspecified atom stereocenters. The molecule has 1 heterocycles. The van der Waals surface area contributed by atoms with Gasteiger partial charge in [-0.3, -0.25) is 0 Å². The fraction of sp³-hybridized carbons (Fsp3) is 0.538. The summed E-state index contributed by atoms with van der Waals surface area (Å²) in [6.45, 7) is 1.16. The summed E-state index contributed by atoms with van der Waals surface area (Å²) in [4.78, 5) is 0. The molecule has 1 aromatic carbocycles. The molecule has 1 saturated carbocycles. The molecule has 0 bridgehead atoms. The second-order valence-corrected chi connectivity index (χ2v) is 4.57. The molecule has 74 valence electrons. The molecule has 1 fully saturated rings. The number of fused-ring (bicyclic) bond motifs is 1. The summed E-state index contributed by atoms with van der Waals surface area (Å²) in [6.07, 6.45) is 5.49. The van der Waals surface area contributed by atoms with Gasteiger partial charge in [0, 0.05) is 6.04 Å². The molecule has 0 aromatic heterocycles. The van der Waals surface area contributed by atoms with Crippen molar-refractivity contribution in [3.8, 4) is 0 Å². The van der Waals surface area contributed by atoms with E-state index in [9.17, 15) is 0 Å². The lowest BCUT2D eigenvalue weighted by Crippen LogP contribution is -2.37. The van der Waals surface area contributed by atoms with Crippen molar-refractivity contribution in [3.05, 3.63) is 35.4 Å². The van der Waals surface area contributed by atoms with Gasteiger partial charge in [-0.05, 0) is 42.9 Å². The zero-order valence-corrected chi connectivity index (χ0v) is 8.50. The Bertz CT molecular complexity index is 328. The van der Waals surface area contributed by atoms with E-state index in [2.05, 4.69) is 29.6 Å². The third-order valence-electron chi connectivity index (χ3n) is 3.77. The van der Waals surface area contributed by atoms with Gasteiger partial charge in [-0.15, -0.1) is 0 Å². The topological polar surface area (TPSA) is 12.0 Å². The van der Waals surface area contributed by atoms with Crippen LogP contribution in [0.25, 0.3) is 0 Å². The van der Waals surface area contributed by atoms with Gasteiger partial charge in [0.1, 0.15) is 0 Å². The predicted molar refractivity (Wildman–Crippen MR) is 58.2 cm³/mol. The normalized spacial score (nSPS) is 26.7. The number of nitrogens with one attached hydrogen (secondary N) is 1. The number of rotatable bonds is 1.